The van der Waals surface area contributed by atoms with Crippen molar-refractivity contribution in [1.29, 1.82) is 0 Å². The molecule has 5 heteroatoms. The first kappa shape index (κ1) is 14.8. The zero-order valence-electron chi connectivity index (χ0n) is 11.4. The molecule has 0 saturated carbocycles. The van der Waals surface area contributed by atoms with E-state index in [9.17, 15) is 4.57 Å². The van der Waals surface area contributed by atoms with E-state index < -0.39 is 7.75 Å². The topological polar surface area (TPSA) is 47.6 Å². The van der Waals surface area contributed by atoms with Crippen molar-refractivity contribution in [1.82, 2.24) is 5.09 Å². The highest BCUT2D eigenvalue weighted by Gasteiger charge is 2.25. The lowest BCUT2D eigenvalue weighted by Gasteiger charge is -2.19. The van der Waals surface area contributed by atoms with Crippen molar-refractivity contribution in [2.45, 2.75) is 13.5 Å². The van der Waals surface area contributed by atoms with Crippen molar-refractivity contribution in [2.24, 2.45) is 0 Å². The second kappa shape index (κ2) is 7.25. The maximum Gasteiger partial charge on any atom is 0.459 e. The fourth-order valence-electron chi connectivity index (χ4n) is 1.68. The van der Waals surface area contributed by atoms with Gasteiger partial charge in [-0.05, 0) is 24.6 Å². The van der Waals surface area contributed by atoms with E-state index in [1.807, 2.05) is 48.5 Å². The van der Waals surface area contributed by atoms with Gasteiger partial charge in [0.1, 0.15) is 5.75 Å². The number of rotatable bonds is 7. The van der Waals surface area contributed by atoms with E-state index in [-0.39, 0.29) is 0 Å². The molecule has 0 spiro atoms. The molecule has 0 aliphatic heterocycles. The van der Waals surface area contributed by atoms with E-state index in [0.717, 1.165) is 5.56 Å². The lowest BCUT2D eigenvalue weighted by molar-refractivity contribution is 0.268. The van der Waals surface area contributed by atoms with Crippen molar-refractivity contribution in [2.75, 3.05) is 6.61 Å². The highest BCUT2D eigenvalue weighted by molar-refractivity contribution is 7.52. The van der Waals surface area contributed by atoms with Crippen molar-refractivity contribution in [3.8, 4) is 5.75 Å². The molecular formula is C15H18NO3P. The molecule has 1 atom stereocenters. The van der Waals surface area contributed by atoms with Crippen molar-refractivity contribution >= 4 is 7.75 Å². The maximum atomic E-state index is 12.6. The number of hydrogen-bond donors (Lipinski definition) is 1. The summed E-state index contributed by atoms with van der Waals surface area (Å²) in [5.41, 5.74) is 1.02. The zero-order chi connectivity index (χ0) is 14.3. The molecule has 0 aliphatic rings. The van der Waals surface area contributed by atoms with Gasteiger partial charge in [-0.15, -0.1) is 0 Å². The van der Waals surface area contributed by atoms with Gasteiger partial charge in [0.05, 0.1) is 6.61 Å². The van der Waals surface area contributed by atoms with E-state index in [0.29, 0.717) is 18.9 Å². The molecule has 0 aromatic heterocycles. The Kier molecular flexibility index (Phi) is 5.36. The van der Waals surface area contributed by atoms with E-state index in [2.05, 4.69) is 5.09 Å². The predicted octanol–water partition coefficient (Wildman–Crippen LogP) is 4.00. The molecule has 0 fully saturated rings. The zero-order valence-corrected chi connectivity index (χ0v) is 12.3. The molecule has 1 N–H and O–H groups in total. The molecule has 0 radical (unpaired) electrons. The van der Waals surface area contributed by atoms with Gasteiger partial charge in [-0.3, -0.25) is 4.52 Å². The Morgan fingerprint density at radius 1 is 1.00 bits per heavy atom. The quantitative estimate of drug-likeness (QED) is 0.783. The number of benzene rings is 2. The number of nitrogens with one attached hydrogen (secondary N) is 1. The van der Waals surface area contributed by atoms with Crippen LogP contribution in [0.25, 0.3) is 0 Å². The standard InChI is InChI=1S/C15H18NO3P/c1-2-18-20(17,19-15-11-7-4-8-12-15)16-13-14-9-5-3-6-10-14/h3-12H,2,13H2,1H3,(H,16,17). The second-order valence-corrected chi connectivity index (χ2v) is 5.89. The van der Waals surface area contributed by atoms with Crippen LogP contribution >= 0.6 is 7.75 Å². The van der Waals surface area contributed by atoms with Gasteiger partial charge < -0.3 is 4.52 Å². The molecule has 1 unspecified atom stereocenters. The smallest absolute Gasteiger partial charge is 0.413 e. The summed E-state index contributed by atoms with van der Waals surface area (Å²) in [5, 5.41) is 2.87. The average Bonchev–Trinajstić information content (AvgIpc) is 2.48. The lowest BCUT2D eigenvalue weighted by atomic mass is 10.2. The van der Waals surface area contributed by atoms with Gasteiger partial charge in [0.15, 0.2) is 0 Å². The van der Waals surface area contributed by atoms with Crippen LogP contribution in [0.3, 0.4) is 0 Å². The molecule has 2 aromatic carbocycles. The van der Waals surface area contributed by atoms with Gasteiger partial charge in [0.25, 0.3) is 0 Å². The molecule has 2 rings (SSSR count). The highest BCUT2D eigenvalue weighted by Crippen LogP contribution is 2.44. The van der Waals surface area contributed by atoms with Gasteiger partial charge in [0.2, 0.25) is 0 Å². The molecular weight excluding hydrogens is 273 g/mol. The molecule has 0 saturated heterocycles. The Hall–Kier alpha value is -1.61. The van der Waals surface area contributed by atoms with Crippen LogP contribution in [-0.2, 0) is 15.6 Å². The van der Waals surface area contributed by atoms with Crippen LogP contribution in [-0.4, -0.2) is 6.61 Å². The van der Waals surface area contributed by atoms with E-state index in [1.54, 1.807) is 19.1 Å². The second-order valence-electron chi connectivity index (χ2n) is 4.14. The third-order valence-corrected chi connectivity index (χ3v) is 4.18. The first-order valence-corrected chi connectivity index (χ1v) is 8.04. The maximum absolute atomic E-state index is 12.6. The van der Waals surface area contributed by atoms with Crippen LogP contribution in [0.2, 0.25) is 0 Å². The van der Waals surface area contributed by atoms with Crippen molar-refractivity contribution in [3.63, 3.8) is 0 Å². The third-order valence-electron chi connectivity index (χ3n) is 2.59. The normalized spacial score (nSPS) is 13.7. The number of para-hydroxylation sites is 1. The minimum atomic E-state index is -3.36. The van der Waals surface area contributed by atoms with Gasteiger partial charge in [0, 0.05) is 6.54 Å². The van der Waals surface area contributed by atoms with E-state index in [4.69, 9.17) is 9.05 Å². The first-order valence-electron chi connectivity index (χ1n) is 6.50. The molecule has 106 valence electrons. The summed E-state index contributed by atoms with van der Waals surface area (Å²) in [6.45, 7) is 2.52. The van der Waals surface area contributed by atoms with Crippen LogP contribution in [0.4, 0.5) is 0 Å². The SMILES string of the molecule is CCOP(=O)(NCc1ccccc1)Oc1ccccc1. The molecule has 4 nitrogen and oxygen atoms in total. The van der Waals surface area contributed by atoms with E-state index in [1.165, 1.54) is 0 Å². The summed E-state index contributed by atoms with van der Waals surface area (Å²) >= 11 is 0. The summed E-state index contributed by atoms with van der Waals surface area (Å²) in [7, 11) is -3.36. The summed E-state index contributed by atoms with van der Waals surface area (Å²) in [6.07, 6.45) is 0. The van der Waals surface area contributed by atoms with Crippen molar-refractivity contribution in [3.05, 3.63) is 66.2 Å². The molecule has 0 amide bonds. The van der Waals surface area contributed by atoms with Gasteiger partial charge >= 0.3 is 7.75 Å². The fraction of sp³-hybridized carbons (Fsp3) is 0.200. The number of hydrogen-bond acceptors (Lipinski definition) is 3. The van der Waals surface area contributed by atoms with Crippen molar-refractivity contribution < 1.29 is 13.6 Å². The molecule has 0 heterocycles. The molecule has 2 aromatic rings. The van der Waals surface area contributed by atoms with Crippen LogP contribution in [0.5, 0.6) is 5.75 Å². The summed E-state index contributed by atoms with van der Waals surface area (Å²) in [6, 6.07) is 18.7. The van der Waals surface area contributed by atoms with Crippen LogP contribution in [0, 0.1) is 0 Å². The highest BCUT2D eigenvalue weighted by atomic mass is 31.2. The minimum Gasteiger partial charge on any atom is -0.413 e. The largest absolute Gasteiger partial charge is 0.459 e. The Morgan fingerprint density at radius 2 is 1.60 bits per heavy atom. The molecule has 0 bridgehead atoms. The Morgan fingerprint density at radius 3 is 2.20 bits per heavy atom. The Bertz CT molecular complexity index is 560. The van der Waals surface area contributed by atoms with Crippen LogP contribution in [0.1, 0.15) is 12.5 Å². The van der Waals surface area contributed by atoms with Crippen LogP contribution < -0.4 is 9.61 Å². The van der Waals surface area contributed by atoms with Crippen LogP contribution in [0.15, 0.2) is 60.7 Å². The first-order chi connectivity index (χ1) is 9.72. The minimum absolute atomic E-state index is 0.311. The Balaban J connectivity index is 2.03. The van der Waals surface area contributed by atoms with Gasteiger partial charge in [-0.2, -0.15) is 0 Å². The molecule has 20 heavy (non-hydrogen) atoms. The Labute approximate surface area is 119 Å². The summed E-state index contributed by atoms with van der Waals surface area (Å²) in [4.78, 5) is 0. The molecule has 0 aliphatic carbocycles. The van der Waals surface area contributed by atoms with E-state index >= 15 is 0 Å². The summed E-state index contributed by atoms with van der Waals surface area (Å²) < 4.78 is 23.4. The fourth-order valence-corrected chi connectivity index (χ4v) is 3.00. The monoisotopic (exact) mass is 291 g/mol. The van der Waals surface area contributed by atoms with Gasteiger partial charge in [-0.25, -0.2) is 9.65 Å². The van der Waals surface area contributed by atoms with Gasteiger partial charge in [-0.1, -0.05) is 48.5 Å². The summed E-state index contributed by atoms with van der Waals surface area (Å²) in [5.74, 6) is 0.518. The third kappa shape index (κ3) is 4.49. The predicted molar refractivity (Wildman–Crippen MR) is 79.6 cm³/mol. The average molecular weight is 291 g/mol. The lowest BCUT2D eigenvalue weighted by Crippen LogP contribution is -2.16.